The molecule has 1 rings (SSSR count). The molecule has 0 aliphatic heterocycles. The number of pyridine rings is 1. The van der Waals surface area contributed by atoms with Crippen LogP contribution in [0.4, 0.5) is 26.3 Å². The summed E-state index contributed by atoms with van der Waals surface area (Å²) in [6, 6.07) is 0.248. The van der Waals surface area contributed by atoms with E-state index in [-0.39, 0.29) is 12.1 Å². The molecule has 17 heavy (non-hydrogen) atoms. The maximum absolute atomic E-state index is 12.3. The zero-order chi connectivity index (χ0) is 13.4. The summed E-state index contributed by atoms with van der Waals surface area (Å²) in [6.07, 6.45) is -9.96. The first-order valence-corrected chi connectivity index (χ1v) is 4.26. The molecule has 0 radical (unpaired) electrons. The standard InChI is InChI=1S/C8H2ClF6NO/c9-6(17)5-3(7(10,11)12)1-2-4(16-5)8(13,14)15/h1-2H. The Bertz CT molecular complexity index is 452. The minimum absolute atomic E-state index is 0.117. The van der Waals surface area contributed by atoms with Crippen LogP contribution in [0.25, 0.3) is 0 Å². The molecule has 0 saturated heterocycles. The van der Waals surface area contributed by atoms with Crippen LogP contribution in [0, 0.1) is 0 Å². The average Bonchev–Trinajstić information content (AvgIpc) is 2.14. The highest BCUT2D eigenvalue weighted by Crippen LogP contribution is 2.35. The molecule has 0 spiro atoms. The third-order valence-electron chi connectivity index (χ3n) is 1.68. The van der Waals surface area contributed by atoms with Crippen molar-refractivity contribution in [2.75, 3.05) is 0 Å². The summed E-state index contributed by atoms with van der Waals surface area (Å²) in [7, 11) is 0. The van der Waals surface area contributed by atoms with Gasteiger partial charge in [0.25, 0.3) is 5.24 Å². The van der Waals surface area contributed by atoms with Gasteiger partial charge in [0.15, 0.2) is 0 Å². The van der Waals surface area contributed by atoms with Crippen molar-refractivity contribution in [1.82, 2.24) is 4.98 Å². The zero-order valence-electron chi connectivity index (χ0n) is 7.66. The van der Waals surface area contributed by atoms with Crippen LogP contribution in [0.5, 0.6) is 0 Å². The second kappa shape index (κ2) is 4.17. The van der Waals surface area contributed by atoms with Crippen LogP contribution >= 0.6 is 11.6 Å². The van der Waals surface area contributed by atoms with Gasteiger partial charge in [-0.3, -0.25) is 4.79 Å². The lowest BCUT2D eigenvalue weighted by molar-refractivity contribution is -0.144. The summed E-state index contributed by atoms with van der Waals surface area (Å²) >= 11 is 4.77. The van der Waals surface area contributed by atoms with Crippen molar-refractivity contribution in [2.24, 2.45) is 0 Å². The molecule has 2 nitrogen and oxygen atoms in total. The molecule has 1 aromatic heterocycles. The molecule has 0 aromatic carbocycles. The summed E-state index contributed by atoms with van der Waals surface area (Å²) in [4.78, 5) is 13.2. The van der Waals surface area contributed by atoms with Crippen molar-refractivity contribution in [2.45, 2.75) is 12.4 Å². The number of halogens is 7. The molecule has 0 aliphatic rings. The number of carbonyl (C=O) groups is 1. The van der Waals surface area contributed by atoms with Crippen LogP contribution in [-0.4, -0.2) is 10.2 Å². The molecular formula is C8H2ClF6NO. The van der Waals surface area contributed by atoms with Crippen LogP contribution in [0.1, 0.15) is 21.7 Å². The van der Waals surface area contributed by atoms with Gasteiger partial charge in [-0.1, -0.05) is 0 Å². The Morgan fingerprint density at radius 1 is 1.06 bits per heavy atom. The number of aromatic nitrogens is 1. The summed E-state index contributed by atoms with van der Waals surface area (Å²) < 4.78 is 73.4. The maximum atomic E-state index is 12.3. The van der Waals surface area contributed by atoms with Crippen molar-refractivity contribution in [3.8, 4) is 0 Å². The van der Waals surface area contributed by atoms with Crippen LogP contribution in [0.3, 0.4) is 0 Å². The highest BCUT2D eigenvalue weighted by molar-refractivity contribution is 6.67. The van der Waals surface area contributed by atoms with Gasteiger partial charge >= 0.3 is 12.4 Å². The minimum atomic E-state index is -5.00. The first kappa shape index (κ1) is 13.8. The van der Waals surface area contributed by atoms with E-state index in [1.165, 1.54) is 0 Å². The molecule has 94 valence electrons. The van der Waals surface area contributed by atoms with E-state index < -0.39 is 34.5 Å². The molecule has 0 unspecified atom stereocenters. The molecule has 0 bridgehead atoms. The Labute approximate surface area is 95.2 Å². The fourth-order valence-electron chi connectivity index (χ4n) is 0.996. The van der Waals surface area contributed by atoms with Crippen molar-refractivity contribution in [1.29, 1.82) is 0 Å². The van der Waals surface area contributed by atoms with Gasteiger partial charge < -0.3 is 0 Å². The van der Waals surface area contributed by atoms with Crippen LogP contribution < -0.4 is 0 Å². The van der Waals surface area contributed by atoms with Crippen molar-refractivity contribution in [3.05, 3.63) is 29.1 Å². The summed E-state index contributed by atoms with van der Waals surface area (Å²) in [5.41, 5.74) is -4.69. The Hall–Kier alpha value is -1.31. The van der Waals surface area contributed by atoms with E-state index in [4.69, 9.17) is 11.6 Å². The summed E-state index contributed by atoms with van der Waals surface area (Å²) in [6.45, 7) is 0. The Balaban J connectivity index is 3.43. The Morgan fingerprint density at radius 2 is 1.59 bits per heavy atom. The molecule has 0 aliphatic carbocycles. The third-order valence-corrected chi connectivity index (χ3v) is 1.86. The normalized spacial score (nSPS) is 12.6. The first-order chi connectivity index (χ1) is 7.53. The molecule has 0 fully saturated rings. The predicted molar refractivity (Wildman–Crippen MR) is 44.4 cm³/mol. The third kappa shape index (κ3) is 3.09. The maximum Gasteiger partial charge on any atom is 0.433 e. The van der Waals surface area contributed by atoms with Gasteiger partial charge in [-0.2, -0.15) is 26.3 Å². The van der Waals surface area contributed by atoms with Gasteiger partial charge in [0.05, 0.1) is 5.56 Å². The summed E-state index contributed by atoms with van der Waals surface area (Å²) in [5, 5.41) is -1.71. The van der Waals surface area contributed by atoms with Gasteiger partial charge in [-0.05, 0) is 23.7 Å². The number of nitrogens with zero attached hydrogens (tertiary/aromatic N) is 1. The van der Waals surface area contributed by atoms with E-state index in [1.807, 2.05) is 0 Å². The van der Waals surface area contributed by atoms with Crippen LogP contribution in [0.2, 0.25) is 0 Å². The Morgan fingerprint density at radius 3 is 1.94 bits per heavy atom. The van der Waals surface area contributed by atoms with Gasteiger partial charge in [0.1, 0.15) is 11.4 Å². The second-order valence-corrected chi connectivity index (χ2v) is 3.21. The van der Waals surface area contributed by atoms with E-state index in [0.717, 1.165) is 0 Å². The smallest absolute Gasteiger partial charge is 0.274 e. The average molecular weight is 278 g/mol. The molecule has 0 amide bonds. The second-order valence-electron chi connectivity index (χ2n) is 2.86. The van der Waals surface area contributed by atoms with E-state index in [9.17, 15) is 31.1 Å². The monoisotopic (exact) mass is 277 g/mol. The van der Waals surface area contributed by atoms with Crippen LogP contribution in [0.15, 0.2) is 12.1 Å². The fraction of sp³-hybridized carbons (Fsp3) is 0.250. The van der Waals surface area contributed by atoms with E-state index in [1.54, 1.807) is 0 Å². The van der Waals surface area contributed by atoms with Crippen molar-refractivity contribution >= 4 is 16.8 Å². The van der Waals surface area contributed by atoms with Gasteiger partial charge in [0, 0.05) is 0 Å². The molecule has 1 aromatic rings. The van der Waals surface area contributed by atoms with Gasteiger partial charge in [0.2, 0.25) is 0 Å². The highest BCUT2D eigenvalue weighted by Gasteiger charge is 2.39. The lowest BCUT2D eigenvalue weighted by atomic mass is 10.1. The van der Waals surface area contributed by atoms with E-state index in [0.29, 0.717) is 0 Å². The molecule has 0 saturated carbocycles. The van der Waals surface area contributed by atoms with Gasteiger partial charge in [-0.25, -0.2) is 4.98 Å². The topological polar surface area (TPSA) is 30.0 Å². The van der Waals surface area contributed by atoms with E-state index >= 15 is 0 Å². The summed E-state index contributed by atoms with van der Waals surface area (Å²) in [5.74, 6) is 0. The molecule has 1 heterocycles. The van der Waals surface area contributed by atoms with Crippen LogP contribution in [-0.2, 0) is 12.4 Å². The van der Waals surface area contributed by atoms with Gasteiger partial charge in [-0.15, -0.1) is 0 Å². The molecule has 0 N–H and O–H groups in total. The lowest BCUT2D eigenvalue weighted by Gasteiger charge is -2.12. The quantitative estimate of drug-likeness (QED) is 0.581. The molecule has 9 heteroatoms. The zero-order valence-corrected chi connectivity index (χ0v) is 8.41. The van der Waals surface area contributed by atoms with Crippen molar-refractivity contribution < 1.29 is 31.1 Å². The fourth-order valence-corrected chi connectivity index (χ4v) is 1.14. The number of rotatable bonds is 1. The molecule has 0 atom stereocenters. The lowest BCUT2D eigenvalue weighted by Crippen LogP contribution is -2.17. The highest BCUT2D eigenvalue weighted by atomic mass is 35.5. The van der Waals surface area contributed by atoms with Crippen molar-refractivity contribution in [3.63, 3.8) is 0 Å². The number of hydrogen-bond donors (Lipinski definition) is 0. The SMILES string of the molecule is O=C(Cl)c1nc(C(F)(F)F)ccc1C(F)(F)F. The molecular weight excluding hydrogens is 276 g/mol. The number of carbonyl (C=O) groups excluding carboxylic acids is 1. The first-order valence-electron chi connectivity index (χ1n) is 3.88. The predicted octanol–water partition coefficient (Wildman–Crippen LogP) is 3.50. The number of hydrogen-bond acceptors (Lipinski definition) is 2. The number of alkyl halides is 6. The van der Waals surface area contributed by atoms with E-state index in [2.05, 4.69) is 4.98 Å². The largest absolute Gasteiger partial charge is 0.433 e. The Kier molecular flexibility index (Phi) is 3.37. The minimum Gasteiger partial charge on any atom is -0.274 e.